The highest BCUT2D eigenvalue weighted by Gasteiger charge is 2.34. The molecule has 0 bridgehead atoms. The molecule has 136 valence electrons. The Morgan fingerprint density at radius 1 is 1.12 bits per heavy atom. The first-order chi connectivity index (χ1) is 12.3. The zero-order valence-electron chi connectivity index (χ0n) is 13.8. The Kier molecular flexibility index (Phi) is 4.97. The van der Waals surface area contributed by atoms with E-state index in [9.17, 15) is 22.8 Å². The third-order valence-electron chi connectivity index (χ3n) is 4.31. The molecule has 7 heteroatoms. The maximum atomic E-state index is 13.5. The minimum atomic E-state index is -4.55. The third-order valence-corrected chi connectivity index (χ3v) is 4.31. The number of carbonyl (C=O) groups excluding carboxylic acids is 2. The molecule has 1 fully saturated rings. The van der Waals surface area contributed by atoms with E-state index in [1.54, 1.807) is 30.3 Å². The quantitative estimate of drug-likeness (QED) is 0.872. The first-order valence-corrected chi connectivity index (χ1v) is 8.19. The number of halogens is 3. The molecule has 1 aliphatic heterocycles. The molecule has 2 amide bonds. The molecule has 1 heterocycles. The van der Waals surface area contributed by atoms with E-state index in [2.05, 4.69) is 10.6 Å². The minimum absolute atomic E-state index is 0.0565. The monoisotopic (exact) mass is 362 g/mol. The summed E-state index contributed by atoms with van der Waals surface area (Å²) in [4.78, 5) is 23.4. The molecule has 2 aromatic carbocycles. The number of carbonyl (C=O) groups is 2. The lowest BCUT2D eigenvalue weighted by Gasteiger charge is -2.22. The standard InChI is InChI=1S/C19H17F3N2O2/c20-19(21,22)16-10-14(7-8-15(16)12-4-2-1-3-5-12)24-18(26)13-6-9-17(25)23-11-13/h1-5,7-8,10,13H,6,9,11H2,(H,23,25)(H,24,26)/t13-/m0/s1. The van der Waals surface area contributed by atoms with E-state index in [0.717, 1.165) is 6.07 Å². The molecule has 0 aliphatic carbocycles. The normalized spacial score (nSPS) is 17.5. The van der Waals surface area contributed by atoms with E-state index in [4.69, 9.17) is 0 Å². The fourth-order valence-corrected chi connectivity index (χ4v) is 2.93. The van der Waals surface area contributed by atoms with Gasteiger partial charge in [-0.3, -0.25) is 9.59 Å². The molecule has 1 atom stereocenters. The second-order valence-corrected chi connectivity index (χ2v) is 6.15. The zero-order chi connectivity index (χ0) is 18.7. The van der Waals surface area contributed by atoms with Crippen molar-refractivity contribution in [3.05, 3.63) is 54.1 Å². The highest BCUT2D eigenvalue weighted by atomic mass is 19.4. The molecular formula is C19H17F3N2O2. The SMILES string of the molecule is O=C1CC[C@H](C(=O)Nc2ccc(-c3ccccc3)c(C(F)(F)F)c2)CN1. The van der Waals surface area contributed by atoms with Gasteiger partial charge < -0.3 is 10.6 Å². The van der Waals surface area contributed by atoms with Crippen LogP contribution in [-0.4, -0.2) is 18.4 Å². The number of piperidine rings is 1. The summed E-state index contributed by atoms with van der Waals surface area (Å²) in [6.45, 7) is 0.193. The van der Waals surface area contributed by atoms with Gasteiger partial charge in [-0.2, -0.15) is 13.2 Å². The first-order valence-electron chi connectivity index (χ1n) is 8.19. The van der Waals surface area contributed by atoms with Gasteiger partial charge >= 0.3 is 6.18 Å². The number of benzene rings is 2. The first kappa shape index (κ1) is 18.0. The van der Waals surface area contributed by atoms with Crippen LogP contribution in [0.5, 0.6) is 0 Å². The molecule has 4 nitrogen and oxygen atoms in total. The third kappa shape index (κ3) is 4.04. The molecule has 0 radical (unpaired) electrons. The highest BCUT2D eigenvalue weighted by molar-refractivity contribution is 5.94. The van der Waals surface area contributed by atoms with Gasteiger partial charge in [-0.25, -0.2) is 0 Å². The lowest BCUT2D eigenvalue weighted by Crippen LogP contribution is -2.40. The summed E-state index contributed by atoms with van der Waals surface area (Å²) in [5, 5.41) is 5.11. The summed E-state index contributed by atoms with van der Waals surface area (Å²) in [7, 11) is 0. The van der Waals surface area contributed by atoms with Crippen LogP contribution in [0.2, 0.25) is 0 Å². The van der Waals surface area contributed by atoms with Crippen LogP contribution in [0.1, 0.15) is 18.4 Å². The van der Waals surface area contributed by atoms with E-state index < -0.39 is 23.6 Å². The topological polar surface area (TPSA) is 58.2 Å². The number of rotatable bonds is 3. The van der Waals surface area contributed by atoms with Gasteiger partial charge in [-0.05, 0) is 29.7 Å². The number of nitrogens with one attached hydrogen (secondary N) is 2. The van der Waals surface area contributed by atoms with Crippen LogP contribution in [0.25, 0.3) is 11.1 Å². The summed E-state index contributed by atoms with van der Waals surface area (Å²) >= 11 is 0. The molecule has 3 rings (SSSR count). The van der Waals surface area contributed by atoms with Crippen LogP contribution in [0, 0.1) is 5.92 Å². The van der Waals surface area contributed by atoms with Crippen molar-refractivity contribution < 1.29 is 22.8 Å². The van der Waals surface area contributed by atoms with Crippen LogP contribution in [0.15, 0.2) is 48.5 Å². The lowest BCUT2D eigenvalue weighted by atomic mass is 9.97. The van der Waals surface area contributed by atoms with Crippen LogP contribution in [-0.2, 0) is 15.8 Å². The van der Waals surface area contributed by atoms with Crippen LogP contribution in [0.3, 0.4) is 0 Å². The summed E-state index contributed by atoms with van der Waals surface area (Å²) in [6.07, 6.45) is -3.94. The predicted molar refractivity (Wildman–Crippen MR) is 91.2 cm³/mol. The molecule has 26 heavy (non-hydrogen) atoms. The molecule has 0 saturated carbocycles. The number of anilines is 1. The largest absolute Gasteiger partial charge is 0.417 e. The highest BCUT2D eigenvalue weighted by Crippen LogP contribution is 2.38. The van der Waals surface area contributed by atoms with Gasteiger partial charge in [0.05, 0.1) is 11.5 Å². The Bertz CT molecular complexity index is 809. The molecule has 1 saturated heterocycles. The van der Waals surface area contributed by atoms with Gasteiger partial charge in [0.1, 0.15) is 0 Å². The summed E-state index contributed by atoms with van der Waals surface area (Å²) < 4.78 is 40.5. The molecule has 2 N–H and O–H groups in total. The Hall–Kier alpha value is -2.83. The number of hydrogen-bond acceptors (Lipinski definition) is 2. The van der Waals surface area contributed by atoms with E-state index >= 15 is 0 Å². The lowest BCUT2D eigenvalue weighted by molar-refractivity contribution is -0.137. The van der Waals surface area contributed by atoms with Crippen molar-refractivity contribution in [2.24, 2.45) is 5.92 Å². The van der Waals surface area contributed by atoms with E-state index in [0.29, 0.717) is 12.0 Å². The van der Waals surface area contributed by atoms with Crippen molar-refractivity contribution in [2.45, 2.75) is 19.0 Å². The molecule has 0 aromatic heterocycles. The summed E-state index contributed by atoms with van der Waals surface area (Å²) in [6, 6.07) is 12.0. The van der Waals surface area contributed by atoms with Crippen LogP contribution in [0.4, 0.5) is 18.9 Å². The molecule has 0 unspecified atom stereocenters. The van der Waals surface area contributed by atoms with Crippen molar-refractivity contribution in [1.29, 1.82) is 0 Å². The summed E-state index contributed by atoms with van der Waals surface area (Å²) in [5.41, 5.74) is -0.217. The van der Waals surface area contributed by atoms with Crippen LogP contribution >= 0.6 is 0 Å². The Balaban J connectivity index is 1.85. The number of alkyl halides is 3. The predicted octanol–water partition coefficient (Wildman–Crippen LogP) is 3.84. The van der Waals surface area contributed by atoms with Gasteiger partial charge in [0.25, 0.3) is 0 Å². The Labute approximate surface area is 148 Å². The maximum Gasteiger partial charge on any atom is 0.417 e. The fourth-order valence-electron chi connectivity index (χ4n) is 2.93. The minimum Gasteiger partial charge on any atom is -0.355 e. The Morgan fingerprint density at radius 2 is 1.85 bits per heavy atom. The average molecular weight is 362 g/mol. The Morgan fingerprint density at radius 3 is 2.46 bits per heavy atom. The van der Waals surface area contributed by atoms with Crippen molar-refractivity contribution in [2.75, 3.05) is 11.9 Å². The van der Waals surface area contributed by atoms with E-state index in [-0.39, 0.29) is 30.1 Å². The molecule has 0 spiro atoms. The maximum absolute atomic E-state index is 13.5. The van der Waals surface area contributed by atoms with Crippen molar-refractivity contribution in [3.8, 4) is 11.1 Å². The average Bonchev–Trinajstić information content (AvgIpc) is 2.62. The van der Waals surface area contributed by atoms with Gasteiger partial charge in [-0.1, -0.05) is 36.4 Å². The zero-order valence-corrected chi connectivity index (χ0v) is 13.8. The summed E-state index contributed by atoms with van der Waals surface area (Å²) in [5.74, 6) is -0.970. The molecule has 2 aromatic rings. The fraction of sp³-hybridized carbons (Fsp3) is 0.263. The van der Waals surface area contributed by atoms with Crippen molar-refractivity contribution in [1.82, 2.24) is 5.32 Å². The van der Waals surface area contributed by atoms with E-state index in [1.165, 1.54) is 12.1 Å². The van der Waals surface area contributed by atoms with Gasteiger partial charge in [-0.15, -0.1) is 0 Å². The van der Waals surface area contributed by atoms with Crippen molar-refractivity contribution >= 4 is 17.5 Å². The van der Waals surface area contributed by atoms with Gasteiger partial charge in [0.2, 0.25) is 11.8 Å². The second kappa shape index (κ2) is 7.19. The van der Waals surface area contributed by atoms with Crippen LogP contribution < -0.4 is 10.6 Å². The van der Waals surface area contributed by atoms with Crippen molar-refractivity contribution in [3.63, 3.8) is 0 Å². The molecule has 1 aliphatic rings. The van der Waals surface area contributed by atoms with Gasteiger partial charge in [0, 0.05) is 18.7 Å². The second-order valence-electron chi connectivity index (χ2n) is 6.15. The molecular weight excluding hydrogens is 345 g/mol. The van der Waals surface area contributed by atoms with E-state index in [1.807, 2.05) is 0 Å². The van der Waals surface area contributed by atoms with Gasteiger partial charge in [0.15, 0.2) is 0 Å². The number of hydrogen-bond donors (Lipinski definition) is 2. The smallest absolute Gasteiger partial charge is 0.355 e. The number of amides is 2.